The number of hydrogen-bond donors (Lipinski definition) is 2. The van der Waals surface area contributed by atoms with Crippen LogP contribution in [0.25, 0.3) is 0 Å². The number of carbonyl (C=O) groups excluding carboxylic acids is 1. The molecule has 4 heteroatoms. The van der Waals surface area contributed by atoms with Crippen LogP contribution in [0.3, 0.4) is 0 Å². The predicted octanol–water partition coefficient (Wildman–Crippen LogP) is 1.58. The molecule has 2 fully saturated rings. The van der Waals surface area contributed by atoms with Gasteiger partial charge in [0.1, 0.15) is 5.54 Å². The molecule has 2 saturated heterocycles. The minimum atomic E-state index is -0.620. The summed E-state index contributed by atoms with van der Waals surface area (Å²) in [7, 11) is 0. The standard InChI is InChI=1S/C17H18N2O2/c1-10-4-5-11-12(8-10)17(9-16(11)6-2-3-7-16)15(20)18-13-14(19-17)21-13/h2-5,8,13-14,19H,6-7,9H2,1H3,(H,18,20). The van der Waals surface area contributed by atoms with Gasteiger partial charge in [-0.1, -0.05) is 35.9 Å². The summed E-state index contributed by atoms with van der Waals surface area (Å²) in [6.07, 6.45) is 7.21. The summed E-state index contributed by atoms with van der Waals surface area (Å²) < 4.78 is 5.47. The summed E-state index contributed by atoms with van der Waals surface area (Å²) in [5, 5.41) is 6.50. The van der Waals surface area contributed by atoms with Gasteiger partial charge in [-0.15, -0.1) is 0 Å². The summed E-state index contributed by atoms with van der Waals surface area (Å²) in [5.74, 6) is 0.0666. The Morgan fingerprint density at radius 1 is 1.19 bits per heavy atom. The molecule has 2 N–H and O–H groups in total. The fourth-order valence-electron chi connectivity index (χ4n) is 4.46. The Balaban J connectivity index is 1.71. The van der Waals surface area contributed by atoms with E-state index in [9.17, 15) is 4.79 Å². The number of carbonyl (C=O) groups is 1. The fourth-order valence-corrected chi connectivity index (χ4v) is 4.46. The summed E-state index contributed by atoms with van der Waals surface area (Å²) >= 11 is 0. The molecule has 1 aromatic carbocycles. The van der Waals surface area contributed by atoms with Crippen LogP contribution in [-0.2, 0) is 20.5 Å². The molecule has 4 nitrogen and oxygen atoms in total. The maximum absolute atomic E-state index is 12.8. The third-order valence-corrected chi connectivity index (χ3v) is 5.53. The lowest BCUT2D eigenvalue weighted by Gasteiger charge is -2.34. The first-order valence-electron chi connectivity index (χ1n) is 7.64. The molecule has 3 atom stereocenters. The Labute approximate surface area is 123 Å². The Hall–Kier alpha value is -1.65. The number of ether oxygens (including phenoxy) is 1. The SMILES string of the molecule is Cc1ccc2c(c1)C1(CC23CC=CC3)NC2OC2NC1=O. The highest BCUT2D eigenvalue weighted by Crippen LogP contribution is 2.56. The predicted molar refractivity (Wildman–Crippen MR) is 77.5 cm³/mol. The Bertz CT molecular complexity index is 688. The van der Waals surface area contributed by atoms with Gasteiger partial charge in [-0.2, -0.15) is 0 Å². The van der Waals surface area contributed by atoms with Gasteiger partial charge in [0.2, 0.25) is 5.91 Å². The minimum absolute atomic E-state index is 0.0272. The number of aryl methyl sites for hydroxylation is 1. The van der Waals surface area contributed by atoms with Gasteiger partial charge in [0.15, 0.2) is 12.5 Å². The van der Waals surface area contributed by atoms with Crippen molar-refractivity contribution in [2.45, 2.75) is 49.6 Å². The third kappa shape index (κ3) is 1.39. The molecule has 2 spiro atoms. The van der Waals surface area contributed by atoms with Crippen LogP contribution in [-0.4, -0.2) is 18.4 Å². The van der Waals surface area contributed by atoms with Crippen molar-refractivity contribution in [2.75, 3.05) is 0 Å². The third-order valence-electron chi connectivity index (χ3n) is 5.53. The molecule has 0 aromatic heterocycles. The number of rotatable bonds is 0. The van der Waals surface area contributed by atoms with Crippen LogP contribution < -0.4 is 10.6 Å². The van der Waals surface area contributed by atoms with Crippen molar-refractivity contribution in [1.29, 1.82) is 0 Å². The highest BCUT2D eigenvalue weighted by Gasteiger charge is 2.63. The highest BCUT2D eigenvalue weighted by atomic mass is 16.6. The normalized spacial score (nSPS) is 37.7. The van der Waals surface area contributed by atoms with E-state index in [-0.39, 0.29) is 23.8 Å². The molecule has 0 bridgehead atoms. The monoisotopic (exact) mass is 282 g/mol. The van der Waals surface area contributed by atoms with Gasteiger partial charge in [-0.25, -0.2) is 0 Å². The lowest BCUT2D eigenvalue weighted by atomic mass is 9.77. The lowest BCUT2D eigenvalue weighted by Crippen LogP contribution is -2.60. The van der Waals surface area contributed by atoms with Crippen molar-refractivity contribution >= 4 is 5.91 Å². The summed E-state index contributed by atoms with van der Waals surface area (Å²) in [4.78, 5) is 12.8. The topological polar surface area (TPSA) is 53.7 Å². The van der Waals surface area contributed by atoms with Crippen molar-refractivity contribution in [2.24, 2.45) is 0 Å². The van der Waals surface area contributed by atoms with Crippen molar-refractivity contribution in [1.82, 2.24) is 10.6 Å². The second-order valence-electron chi connectivity index (χ2n) is 6.89. The van der Waals surface area contributed by atoms with E-state index in [1.54, 1.807) is 0 Å². The fraction of sp³-hybridized carbons (Fsp3) is 0.471. The molecule has 4 aliphatic rings. The molecule has 1 amide bonds. The number of benzene rings is 1. The smallest absolute Gasteiger partial charge is 0.247 e. The molecule has 3 unspecified atom stereocenters. The zero-order chi connectivity index (χ0) is 14.2. The molecule has 0 radical (unpaired) electrons. The Morgan fingerprint density at radius 3 is 2.81 bits per heavy atom. The van der Waals surface area contributed by atoms with Gasteiger partial charge in [-0.05, 0) is 37.3 Å². The number of hydrogen-bond acceptors (Lipinski definition) is 3. The molecule has 2 aliphatic carbocycles. The van der Waals surface area contributed by atoms with Crippen LogP contribution >= 0.6 is 0 Å². The number of epoxide rings is 1. The maximum Gasteiger partial charge on any atom is 0.247 e. The molecule has 108 valence electrons. The van der Waals surface area contributed by atoms with E-state index in [1.165, 1.54) is 11.1 Å². The van der Waals surface area contributed by atoms with E-state index >= 15 is 0 Å². The average molecular weight is 282 g/mol. The van der Waals surface area contributed by atoms with Crippen LogP contribution in [0.2, 0.25) is 0 Å². The molecule has 2 aliphatic heterocycles. The molecule has 1 aromatic rings. The number of fused-ring (bicyclic) bond motifs is 4. The maximum atomic E-state index is 12.8. The van der Waals surface area contributed by atoms with Crippen molar-refractivity contribution in [3.63, 3.8) is 0 Å². The van der Waals surface area contributed by atoms with Crippen LogP contribution in [0.5, 0.6) is 0 Å². The summed E-state index contributed by atoms with van der Waals surface area (Å²) in [6, 6.07) is 6.56. The van der Waals surface area contributed by atoms with Gasteiger partial charge in [0.05, 0.1) is 0 Å². The van der Waals surface area contributed by atoms with Crippen LogP contribution in [0, 0.1) is 6.92 Å². The first-order chi connectivity index (χ1) is 10.1. The summed E-state index contributed by atoms with van der Waals surface area (Å²) in [6.45, 7) is 2.09. The molecular weight excluding hydrogens is 264 g/mol. The van der Waals surface area contributed by atoms with Crippen LogP contribution in [0.15, 0.2) is 30.4 Å². The second kappa shape index (κ2) is 3.57. The van der Waals surface area contributed by atoms with Crippen LogP contribution in [0.4, 0.5) is 0 Å². The second-order valence-corrected chi connectivity index (χ2v) is 6.89. The van der Waals surface area contributed by atoms with E-state index in [1.807, 2.05) is 0 Å². The van der Waals surface area contributed by atoms with E-state index < -0.39 is 5.54 Å². The van der Waals surface area contributed by atoms with Gasteiger partial charge in [0, 0.05) is 5.41 Å². The van der Waals surface area contributed by atoms with Gasteiger partial charge in [-0.3, -0.25) is 10.1 Å². The van der Waals surface area contributed by atoms with Crippen LogP contribution in [0.1, 0.15) is 36.0 Å². The Morgan fingerprint density at radius 2 is 2.00 bits per heavy atom. The molecular formula is C17H18N2O2. The zero-order valence-corrected chi connectivity index (χ0v) is 12.0. The average Bonchev–Trinajstić information content (AvgIpc) is 2.93. The van der Waals surface area contributed by atoms with Crippen molar-refractivity contribution < 1.29 is 9.53 Å². The van der Waals surface area contributed by atoms with E-state index in [0.717, 1.165) is 24.8 Å². The lowest BCUT2D eigenvalue weighted by molar-refractivity contribution is -0.130. The number of nitrogens with one attached hydrogen (secondary N) is 2. The molecule has 2 heterocycles. The van der Waals surface area contributed by atoms with Crippen molar-refractivity contribution in [3.05, 3.63) is 47.0 Å². The first-order valence-corrected chi connectivity index (χ1v) is 7.64. The minimum Gasteiger partial charge on any atom is -0.331 e. The molecule has 21 heavy (non-hydrogen) atoms. The Kier molecular flexibility index (Phi) is 2.03. The van der Waals surface area contributed by atoms with Gasteiger partial charge in [0.25, 0.3) is 0 Å². The summed E-state index contributed by atoms with van der Waals surface area (Å²) in [5.41, 5.74) is 3.14. The van der Waals surface area contributed by atoms with E-state index in [2.05, 4.69) is 47.9 Å². The van der Waals surface area contributed by atoms with E-state index in [4.69, 9.17) is 4.74 Å². The van der Waals surface area contributed by atoms with Crippen molar-refractivity contribution in [3.8, 4) is 0 Å². The number of amides is 1. The highest BCUT2D eigenvalue weighted by molar-refractivity contribution is 5.91. The van der Waals surface area contributed by atoms with Gasteiger partial charge < -0.3 is 10.1 Å². The zero-order valence-electron chi connectivity index (χ0n) is 12.0. The quantitative estimate of drug-likeness (QED) is 0.561. The number of piperazine rings is 1. The largest absolute Gasteiger partial charge is 0.331 e. The first kappa shape index (κ1) is 12.0. The van der Waals surface area contributed by atoms with Gasteiger partial charge >= 0.3 is 0 Å². The number of allylic oxidation sites excluding steroid dienone is 2. The molecule has 5 rings (SSSR count). The molecule has 0 saturated carbocycles. The van der Waals surface area contributed by atoms with E-state index in [0.29, 0.717) is 0 Å².